The smallest absolute Gasteiger partial charge is 0.331 e. The lowest BCUT2D eigenvalue weighted by Gasteiger charge is -2.30. The van der Waals surface area contributed by atoms with E-state index in [1.807, 2.05) is 0 Å². The molecule has 0 radical (unpaired) electrons. The summed E-state index contributed by atoms with van der Waals surface area (Å²) in [5, 5.41) is 3.34. The van der Waals surface area contributed by atoms with Crippen LogP contribution in [0.2, 0.25) is 0 Å². The molecule has 1 aliphatic heterocycles. The number of thiophene rings is 1. The number of aryl methyl sites for hydroxylation is 1. The van der Waals surface area contributed by atoms with Crippen molar-refractivity contribution in [2.45, 2.75) is 26.2 Å². The molecule has 2 aromatic rings. The van der Waals surface area contributed by atoms with E-state index in [2.05, 4.69) is 17.1 Å². The van der Waals surface area contributed by atoms with Crippen LogP contribution in [0.25, 0.3) is 10.2 Å². The van der Waals surface area contributed by atoms with Crippen molar-refractivity contribution in [3.05, 3.63) is 31.8 Å². The monoisotopic (exact) mass is 378 g/mol. The van der Waals surface area contributed by atoms with Gasteiger partial charge in [-0.3, -0.25) is 18.7 Å². The number of nitrogens with one attached hydrogen (secondary N) is 1. The van der Waals surface area contributed by atoms with E-state index in [1.54, 1.807) is 13.1 Å². The first kappa shape index (κ1) is 18.8. The van der Waals surface area contributed by atoms with Crippen LogP contribution in [-0.2, 0) is 14.1 Å². The number of piperidine rings is 1. The molecule has 3 rings (SSSR count). The van der Waals surface area contributed by atoms with Gasteiger partial charge in [-0.15, -0.1) is 11.3 Å². The maximum atomic E-state index is 12.4. The topological polar surface area (TPSA) is 76.3 Å². The molecule has 1 fully saturated rings. The number of fused-ring (bicyclic) bond motifs is 1. The Morgan fingerprint density at radius 3 is 2.81 bits per heavy atom. The summed E-state index contributed by atoms with van der Waals surface area (Å²) in [6, 6.07) is 1.59. The van der Waals surface area contributed by atoms with Crippen molar-refractivity contribution >= 4 is 27.5 Å². The third-order valence-corrected chi connectivity index (χ3v) is 6.24. The lowest BCUT2D eigenvalue weighted by molar-refractivity contribution is 0.0954. The van der Waals surface area contributed by atoms with Crippen molar-refractivity contribution in [1.29, 1.82) is 0 Å². The Kier molecular flexibility index (Phi) is 5.62. The summed E-state index contributed by atoms with van der Waals surface area (Å²) in [6.07, 6.45) is 3.47. The molecule has 1 amide bonds. The molecule has 0 aliphatic carbocycles. The fourth-order valence-electron chi connectivity index (χ4n) is 3.56. The molecule has 0 unspecified atom stereocenters. The molecule has 1 atom stereocenters. The average molecular weight is 378 g/mol. The molecule has 1 saturated heterocycles. The summed E-state index contributed by atoms with van der Waals surface area (Å²) in [7, 11) is 3.06. The van der Waals surface area contributed by atoms with E-state index in [9.17, 15) is 14.4 Å². The fourth-order valence-corrected chi connectivity index (χ4v) is 4.58. The highest BCUT2D eigenvalue weighted by molar-refractivity contribution is 7.20. The number of aromatic nitrogens is 2. The summed E-state index contributed by atoms with van der Waals surface area (Å²) >= 11 is 1.18. The average Bonchev–Trinajstić information content (AvgIpc) is 3.07. The van der Waals surface area contributed by atoms with Gasteiger partial charge in [0.1, 0.15) is 4.83 Å². The first-order valence-corrected chi connectivity index (χ1v) is 9.90. The second kappa shape index (κ2) is 7.75. The van der Waals surface area contributed by atoms with Crippen LogP contribution in [0.15, 0.2) is 15.7 Å². The molecule has 1 N–H and O–H groups in total. The standard InChI is InChI=1S/C18H26N4O3S/c1-12-6-4-8-22(11-12)9-5-7-19-15(23)14-10-13-16(24)20(2)18(25)21(3)17(13)26-14/h10,12H,4-9,11H2,1-3H3,(H,19,23)/t12-/m1/s1. The molecule has 2 aromatic heterocycles. The maximum absolute atomic E-state index is 12.4. The van der Waals surface area contributed by atoms with E-state index >= 15 is 0 Å². The third-order valence-electron chi connectivity index (χ3n) is 5.03. The van der Waals surface area contributed by atoms with Crippen molar-refractivity contribution in [2.24, 2.45) is 20.0 Å². The van der Waals surface area contributed by atoms with Gasteiger partial charge in [-0.2, -0.15) is 0 Å². The number of amides is 1. The van der Waals surface area contributed by atoms with Crippen LogP contribution in [0.5, 0.6) is 0 Å². The summed E-state index contributed by atoms with van der Waals surface area (Å²) in [6.45, 7) is 6.17. The van der Waals surface area contributed by atoms with Crippen molar-refractivity contribution in [1.82, 2.24) is 19.4 Å². The molecular formula is C18H26N4O3S. The molecule has 0 spiro atoms. The quantitative estimate of drug-likeness (QED) is 0.792. The predicted molar refractivity (Wildman–Crippen MR) is 104 cm³/mol. The van der Waals surface area contributed by atoms with Gasteiger partial charge < -0.3 is 10.2 Å². The molecule has 0 saturated carbocycles. The Bertz CT molecular complexity index is 927. The Labute approximate surface area is 156 Å². The van der Waals surface area contributed by atoms with E-state index in [4.69, 9.17) is 0 Å². The first-order chi connectivity index (χ1) is 12.4. The van der Waals surface area contributed by atoms with E-state index in [0.717, 1.165) is 36.5 Å². The first-order valence-electron chi connectivity index (χ1n) is 9.08. The molecule has 26 heavy (non-hydrogen) atoms. The van der Waals surface area contributed by atoms with Gasteiger partial charge in [-0.25, -0.2) is 4.79 Å². The zero-order chi connectivity index (χ0) is 18.8. The van der Waals surface area contributed by atoms with Crippen LogP contribution in [0.4, 0.5) is 0 Å². The van der Waals surface area contributed by atoms with Crippen LogP contribution in [0.1, 0.15) is 35.9 Å². The Hall–Kier alpha value is -1.93. The molecule has 8 heteroatoms. The Morgan fingerprint density at radius 2 is 2.08 bits per heavy atom. The van der Waals surface area contributed by atoms with Gasteiger partial charge in [0.15, 0.2) is 0 Å². The van der Waals surface area contributed by atoms with Gasteiger partial charge in [0.05, 0.1) is 10.3 Å². The highest BCUT2D eigenvalue weighted by Gasteiger charge is 2.17. The zero-order valence-corrected chi connectivity index (χ0v) is 16.4. The highest BCUT2D eigenvalue weighted by Crippen LogP contribution is 2.21. The Morgan fingerprint density at radius 1 is 1.31 bits per heavy atom. The molecule has 3 heterocycles. The summed E-state index contributed by atoms with van der Waals surface area (Å²) < 4.78 is 2.48. The summed E-state index contributed by atoms with van der Waals surface area (Å²) in [5.74, 6) is 0.568. The molecule has 7 nitrogen and oxygen atoms in total. The van der Waals surface area contributed by atoms with Crippen LogP contribution >= 0.6 is 11.3 Å². The minimum Gasteiger partial charge on any atom is -0.351 e. The summed E-state index contributed by atoms with van der Waals surface area (Å²) in [4.78, 5) is 40.1. The van der Waals surface area contributed by atoms with Crippen molar-refractivity contribution in [2.75, 3.05) is 26.2 Å². The van der Waals surface area contributed by atoms with E-state index < -0.39 is 0 Å². The van der Waals surface area contributed by atoms with Crippen LogP contribution in [0.3, 0.4) is 0 Å². The predicted octanol–water partition coefficient (Wildman–Crippen LogP) is 1.15. The number of hydrogen-bond acceptors (Lipinski definition) is 5. The van der Waals surface area contributed by atoms with E-state index in [0.29, 0.717) is 21.6 Å². The minimum absolute atomic E-state index is 0.187. The summed E-state index contributed by atoms with van der Waals surface area (Å²) in [5.41, 5.74) is -0.746. The van der Waals surface area contributed by atoms with Gasteiger partial charge in [-0.05, 0) is 44.3 Å². The van der Waals surface area contributed by atoms with Gasteiger partial charge in [0.2, 0.25) is 0 Å². The Balaban J connectivity index is 1.62. The van der Waals surface area contributed by atoms with Gasteiger partial charge >= 0.3 is 5.69 Å². The van der Waals surface area contributed by atoms with Crippen molar-refractivity contribution in [3.63, 3.8) is 0 Å². The number of carbonyl (C=O) groups is 1. The molecule has 1 aliphatic rings. The fraction of sp³-hybridized carbons (Fsp3) is 0.611. The molecular weight excluding hydrogens is 352 g/mol. The normalized spacial score (nSPS) is 18.3. The number of likely N-dealkylation sites (tertiary alicyclic amines) is 1. The van der Waals surface area contributed by atoms with Crippen molar-refractivity contribution in [3.8, 4) is 0 Å². The largest absolute Gasteiger partial charge is 0.351 e. The van der Waals surface area contributed by atoms with Gasteiger partial charge in [0.25, 0.3) is 11.5 Å². The number of carbonyl (C=O) groups excluding carboxylic acids is 1. The molecule has 0 bridgehead atoms. The second-order valence-corrected chi connectivity index (χ2v) is 8.22. The van der Waals surface area contributed by atoms with Crippen LogP contribution in [-0.4, -0.2) is 46.1 Å². The molecule has 0 aromatic carbocycles. The number of rotatable bonds is 5. The number of nitrogens with zero attached hydrogens (tertiary/aromatic N) is 3. The lowest BCUT2D eigenvalue weighted by Crippen LogP contribution is -2.36. The lowest BCUT2D eigenvalue weighted by atomic mass is 10.0. The van der Waals surface area contributed by atoms with Crippen molar-refractivity contribution < 1.29 is 4.79 Å². The van der Waals surface area contributed by atoms with E-state index in [-0.39, 0.29) is 17.2 Å². The third kappa shape index (κ3) is 3.76. The molecule has 142 valence electrons. The highest BCUT2D eigenvalue weighted by atomic mass is 32.1. The zero-order valence-electron chi connectivity index (χ0n) is 15.6. The SMILES string of the molecule is C[C@@H]1CCCN(CCCNC(=O)c2cc3c(=O)n(C)c(=O)n(C)c3s2)C1. The van der Waals surface area contributed by atoms with Crippen LogP contribution < -0.4 is 16.6 Å². The second-order valence-electron chi connectivity index (χ2n) is 7.19. The number of hydrogen-bond donors (Lipinski definition) is 1. The van der Waals surface area contributed by atoms with Gasteiger partial charge in [-0.1, -0.05) is 6.92 Å². The minimum atomic E-state index is -0.382. The van der Waals surface area contributed by atoms with Crippen LogP contribution in [0, 0.1) is 5.92 Å². The van der Waals surface area contributed by atoms with Gasteiger partial charge in [0, 0.05) is 27.2 Å². The maximum Gasteiger partial charge on any atom is 0.331 e. The van der Waals surface area contributed by atoms with E-state index in [1.165, 1.54) is 35.8 Å².